The van der Waals surface area contributed by atoms with Gasteiger partial charge in [-0.3, -0.25) is 0 Å². The zero-order chi connectivity index (χ0) is 8.97. The van der Waals surface area contributed by atoms with Crippen molar-refractivity contribution in [2.45, 2.75) is 12.8 Å². The van der Waals surface area contributed by atoms with E-state index in [1.54, 1.807) is 12.1 Å². The van der Waals surface area contributed by atoms with Crippen molar-refractivity contribution in [3.8, 4) is 5.75 Å². The summed E-state index contributed by atoms with van der Waals surface area (Å²) < 4.78 is 0.899. The molecule has 0 spiro atoms. The van der Waals surface area contributed by atoms with E-state index < -0.39 is 0 Å². The van der Waals surface area contributed by atoms with Gasteiger partial charge in [0.05, 0.1) is 0 Å². The van der Waals surface area contributed by atoms with Crippen molar-refractivity contribution in [1.29, 1.82) is 0 Å². The number of rotatable bonds is 3. The van der Waals surface area contributed by atoms with E-state index in [0.29, 0.717) is 12.8 Å². The van der Waals surface area contributed by atoms with Crippen LogP contribution in [0.15, 0.2) is 22.7 Å². The Labute approximate surface area is 80.0 Å². The Kier molecular flexibility index (Phi) is 3.56. The van der Waals surface area contributed by atoms with Crippen molar-refractivity contribution in [1.82, 2.24) is 0 Å². The average Bonchev–Trinajstić information content (AvgIpc) is 2.04. The standard InChI is InChI=1S/C9H11BrO2/c10-8-4-1-5-9(12)7(8)3-2-6-11/h1,4-5,11-12H,2-3,6H2. The summed E-state index contributed by atoms with van der Waals surface area (Å²) in [7, 11) is 0. The molecule has 3 heteroatoms. The maximum absolute atomic E-state index is 9.41. The minimum absolute atomic E-state index is 0.154. The number of hydrogen-bond acceptors (Lipinski definition) is 2. The highest BCUT2D eigenvalue weighted by molar-refractivity contribution is 9.10. The van der Waals surface area contributed by atoms with Gasteiger partial charge in [-0.2, -0.15) is 0 Å². The molecule has 0 aromatic heterocycles. The van der Waals surface area contributed by atoms with Crippen LogP contribution in [0, 0.1) is 0 Å². The van der Waals surface area contributed by atoms with Gasteiger partial charge in [0, 0.05) is 16.6 Å². The van der Waals surface area contributed by atoms with E-state index in [2.05, 4.69) is 15.9 Å². The fourth-order valence-corrected chi connectivity index (χ4v) is 1.60. The Balaban J connectivity index is 2.81. The smallest absolute Gasteiger partial charge is 0.119 e. The van der Waals surface area contributed by atoms with E-state index >= 15 is 0 Å². The summed E-state index contributed by atoms with van der Waals surface area (Å²) in [6.07, 6.45) is 1.37. The first kappa shape index (κ1) is 9.55. The van der Waals surface area contributed by atoms with Crippen molar-refractivity contribution in [3.63, 3.8) is 0 Å². The van der Waals surface area contributed by atoms with Gasteiger partial charge < -0.3 is 10.2 Å². The molecule has 1 aromatic carbocycles. The molecule has 0 aliphatic rings. The molecule has 1 rings (SSSR count). The summed E-state index contributed by atoms with van der Waals surface area (Å²) in [6, 6.07) is 5.31. The van der Waals surface area contributed by atoms with Crippen molar-refractivity contribution >= 4 is 15.9 Å². The van der Waals surface area contributed by atoms with Crippen LogP contribution in [0.4, 0.5) is 0 Å². The van der Waals surface area contributed by atoms with Gasteiger partial charge in [-0.25, -0.2) is 0 Å². The van der Waals surface area contributed by atoms with E-state index in [-0.39, 0.29) is 12.4 Å². The molecule has 0 aliphatic heterocycles. The average molecular weight is 231 g/mol. The van der Waals surface area contributed by atoms with E-state index in [0.717, 1.165) is 10.0 Å². The highest BCUT2D eigenvalue weighted by Crippen LogP contribution is 2.26. The quantitative estimate of drug-likeness (QED) is 0.835. The van der Waals surface area contributed by atoms with Gasteiger partial charge in [-0.15, -0.1) is 0 Å². The van der Waals surface area contributed by atoms with Gasteiger partial charge in [0.25, 0.3) is 0 Å². The van der Waals surface area contributed by atoms with Crippen LogP contribution in [-0.2, 0) is 6.42 Å². The number of benzene rings is 1. The molecule has 1 aromatic rings. The topological polar surface area (TPSA) is 40.5 Å². The van der Waals surface area contributed by atoms with Gasteiger partial charge in [0.2, 0.25) is 0 Å². The first-order valence-electron chi connectivity index (χ1n) is 3.83. The molecule has 0 atom stereocenters. The molecule has 0 heterocycles. The molecule has 66 valence electrons. The highest BCUT2D eigenvalue weighted by atomic mass is 79.9. The number of phenolic OH excluding ortho intramolecular Hbond substituents is 1. The maximum Gasteiger partial charge on any atom is 0.119 e. The summed E-state index contributed by atoms with van der Waals surface area (Å²) in [5, 5.41) is 18.0. The van der Waals surface area contributed by atoms with Crippen LogP contribution in [0.3, 0.4) is 0 Å². The molecule has 2 N–H and O–H groups in total. The fraction of sp³-hybridized carbons (Fsp3) is 0.333. The highest BCUT2D eigenvalue weighted by Gasteiger charge is 2.03. The largest absolute Gasteiger partial charge is 0.508 e. The molecule has 0 fully saturated rings. The third-order valence-corrected chi connectivity index (χ3v) is 2.42. The first-order valence-corrected chi connectivity index (χ1v) is 4.62. The first-order chi connectivity index (χ1) is 5.75. The minimum atomic E-state index is 0.154. The molecular weight excluding hydrogens is 220 g/mol. The summed E-state index contributed by atoms with van der Waals surface area (Å²) in [5.41, 5.74) is 0.867. The molecular formula is C9H11BrO2. The molecule has 0 saturated heterocycles. The molecule has 0 bridgehead atoms. The van der Waals surface area contributed by atoms with Crippen molar-refractivity contribution < 1.29 is 10.2 Å². The number of aliphatic hydroxyl groups is 1. The molecule has 0 saturated carbocycles. The number of halogens is 1. The summed E-state index contributed by atoms with van der Waals surface area (Å²) in [4.78, 5) is 0. The maximum atomic E-state index is 9.41. The molecule has 0 aliphatic carbocycles. The second-order valence-corrected chi connectivity index (χ2v) is 3.42. The van der Waals surface area contributed by atoms with Crippen LogP contribution in [-0.4, -0.2) is 16.8 Å². The van der Waals surface area contributed by atoms with Crippen LogP contribution in [0.2, 0.25) is 0 Å². The van der Waals surface area contributed by atoms with Gasteiger partial charge in [-0.1, -0.05) is 22.0 Å². The fourth-order valence-electron chi connectivity index (χ4n) is 1.05. The van der Waals surface area contributed by atoms with Crippen molar-refractivity contribution in [2.24, 2.45) is 0 Å². The summed E-state index contributed by atoms with van der Waals surface area (Å²) in [5.74, 6) is 0.290. The normalized spacial score (nSPS) is 10.2. The Bertz CT molecular complexity index is 240. The third kappa shape index (κ3) is 2.22. The number of phenols is 1. The minimum Gasteiger partial charge on any atom is -0.508 e. The SMILES string of the molecule is OCCCc1c(O)cccc1Br. The zero-order valence-electron chi connectivity index (χ0n) is 6.63. The molecule has 0 radical (unpaired) electrons. The molecule has 2 nitrogen and oxygen atoms in total. The predicted octanol–water partition coefficient (Wildman–Crippen LogP) is 2.08. The lowest BCUT2D eigenvalue weighted by molar-refractivity contribution is 0.288. The van der Waals surface area contributed by atoms with Crippen LogP contribution in [0.5, 0.6) is 5.75 Å². The van der Waals surface area contributed by atoms with Gasteiger partial charge in [0.1, 0.15) is 5.75 Å². The Morgan fingerprint density at radius 3 is 2.67 bits per heavy atom. The van der Waals surface area contributed by atoms with Crippen molar-refractivity contribution in [3.05, 3.63) is 28.2 Å². The second-order valence-electron chi connectivity index (χ2n) is 2.56. The number of aromatic hydroxyl groups is 1. The van der Waals surface area contributed by atoms with E-state index in [9.17, 15) is 5.11 Å². The van der Waals surface area contributed by atoms with E-state index in [4.69, 9.17) is 5.11 Å². The third-order valence-electron chi connectivity index (χ3n) is 1.68. The summed E-state index contributed by atoms with van der Waals surface area (Å²) >= 11 is 3.34. The number of aliphatic hydroxyl groups excluding tert-OH is 1. The zero-order valence-corrected chi connectivity index (χ0v) is 8.21. The van der Waals surface area contributed by atoms with E-state index in [1.807, 2.05) is 6.07 Å². The van der Waals surface area contributed by atoms with Crippen LogP contribution in [0.25, 0.3) is 0 Å². The summed E-state index contributed by atoms with van der Waals surface area (Å²) in [6.45, 7) is 0.154. The van der Waals surface area contributed by atoms with E-state index in [1.165, 1.54) is 0 Å². The van der Waals surface area contributed by atoms with Gasteiger partial charge >= 0.3 is 0 Å². The Hall–Kier alpha value is -0.540. The molecule has 0 unspecified atom stereocenters. The molecule has 0 amide bonds. The monoisotopic (exact) mass is 230 g/mol. The van der Waals surface area contributed by atoms with Crippen molar-refractivity contribution in [2.75, 3.05) is 6.61 Å². The lowest BCUT2D eigenvalue weighted by Gasteiger charge is -2.05. The van der Waals surface area contributed by atoms with Crippen LogP contribution < -0.4 is 0 Å². The second kappa shape index (κ2) is 4.48. The Morgan fingerprint density at radius 2 is 2.08 bits per heavy atom. The lowest BCUT2D eigenvalue weighted by Crippen LogP contribution is -1.91. The van der Waals surface area contributed by atoms with Crippen LogP contribution >= 0.6 is 15.9 Å². The van der Waals surface area contributed by atoms with Gasteiger partial charge in [-0.05, 0) is 25.0 Å². The van der Waals surface area contributed by atoms with Gasteiger partial charge in [0.15, 0.2) is 0 Å². The lowest BCUT2D eigenvalue weighted by atomic mass is 10.1. The Morgan fingerprint density at radius 1 is 1.33 bits per heavy atom. The predicted molar refractivity (Wildman–Crippen MR) is 51.2 cm³/mol. The van der Waals surface area contributed by atoms with Crippen LogP contribution in [0.1, 0.15) is 12.0 Å². The molecule has 12 heavy (non-hydrogen) atoms. The number of hydrogen-bond donors (Lipinski definition) is 2.